The molecule has 0 radical (unpaired) electrons. The van der Waals surface area contributed by atoms with E-state index in [1.807, 2.05) is 0 Å². The lowest BCUT2D eigenvalue weighted by atomic mass is 10.2. The fourth-order valence-corrected chi connectivity index (χ4v) is 4.27. The Balaban J connectivity index is 1.52. The van der Waals surface area contributed by atoms with Gasteiger partial charge >= 0.3 is 0 Å². The van der Waals surface area contributed by atoms with E-state index in [1.54, 1.807) is 12.0 Å². The van der Waals surface area contributed by atoms with Crippen LogP contribution in [0.1, 0.15) is 41.6 Å². The molecule has 2 saturated carbocycles. The standard InChI is InChI=1S/C23H28FN5O6/c1-34-11-16-12-35-9-8-27(16)17(30)5-2-14-10-25-29-20(14)28(13-23(24)6-7-23)21(32)18(22(29)33)19(31)26-15-3-4-15/h2,5,10,15-16,32H,3-4,6-9,11-13H2,1H3,(H,26,31). The van der Waals surface area contributed by atoms with Crippen LogP contribution in [-0.4, -0.2) is 87.2 Å². The van der Waals surface area contributed by atoms with Crippen LogP contribution in [0.5, 0.6) is 5.88 Å². The molecule has 1 saturated heterocycles. The number of nitrogens with one attached hydrogen (secondary N) is 1. The third-order valence-corrected chi connectivity index (χ3v) is 6.56. The van der Waals surface area contributed by atoms with Crippen LogP contribution in [0.15, 0.2) is 17.1 Å². The van der Waals surface area contributed by atoms with E-state index in [4.69, 9.17) is 9.47 Å². The van der Waals surface area contributed by atoms with E-state index in [0.29, 0.717) is 44.8 Å². The van der Waals surface area contributed by atoms with Crippen molar-refractivity contribution in [2.45, 2.75) is 50.0 Å². The van der Waals surface area contributed by atoms with Crippen LogP contribution in [0, 0.1) is 0 Å². The van der Waals surface area contributed by atoms with E-state index >= 15 is 0 Å². The van der Waals surface area contributed by atoms with Crippen molar-refractivity contribution in [2.24, 2.45) is 0 Å². The zero-order valence-electron chi connectivity index (χ0n) is 19.4. The van der Waals surface area contributed by atoms with Gasteiger partial charge in [0.2, 0.25) is 11.8 Å². The number of carbonyl (C=O) groups is 2. The van der Waals surface area contributed by atoms with Crippen LogP contribution in [0.25, 0.3) is 11.7 Å². The molecule has 1 unspecified atom stereocenters. The number of halogens is 1. The Labute approximate surface area is 200 Å². The number of ether oxygens (including phenoxy) is 2. The quantitative estimate of drug-likeness (QED) is 0.517. The first-order valence-electron chi connectivity index (χ1n) is 11.7. The molecule has 11 nitrogen and oxygen atoms in total. The van der Waals surface area contributed by atoms with E-state index in [1.165, 1.54) is 22.9 Å². The highest BCUT2D eigenvalue weighted by molar-refractivity contribution is 5.97. The minimum Gasteiger partial charge on any atom is -0.494 e. The van der Waals surface area contributed by atoms with Gasteiger partial charge in [0.25, 0.3) is 11.5 Å². The fourth-order valence-electron chi connectivity index (χ4n) is 4.27. The van der Waals surface area contributed by atoms with Gasteiger partial charge in [-0.3, -0.25) is 19.0 Å². The molecule has 0 spiro atoms. The number of methoxy groups -OCH3 is 1. The maximum atomic E-state index is 14.8. The number of aromatic nitrogens is 3. The molecule has 3 heterocycles. The Morgan fingerprint density at radius 3 is 2.86 bits per heavy atom. The number of amides is 2. The molecule has 3 fully saturated rings. The Morgan fingerprint density at radius 1 is 1.40 bits per heavy atom. The Kier molecular flexibility index (Phi) is 6.09. The van der Waals surface area contributed by atoms with Crippen LogP contribution in [0.3, 0.4) is 0 Å². The minimum atomic E-state index is -1.54. The third-order valence-electron chi connectivity index (χ3n) is 6.56. The Hall–Kier alpha value is -3.25. The smallest absolute Gasteiger partial charge is 0.291 e. The molecule has 12 heteroatoms. The van der Waals surface area contributed by atoms with Crippen LogP contribution >= 0.6 is 0 Å². The van der Waals surface area contributed by atoms with Gasteiger partial charge in [0.05, 0.1) is 38.6 Å². The summed E-state index contributed by atoms with van der Waals surface area (Å²) < 4.78 is 27.6. The van der Waals surface area contributed by atoms with Crippen molar-refractivity contribution in [3.8, 4) is 5.88 Å². The maximum absolute atomic E-state index is 14.8. The lowest BCUT2D eigenvalue weighted by Crippen LogP contribution is -2.50. The second kappa shape index (κ2) is 9.08. The summed E-state index contributed by atoms with van der Waals surface area (Å²) in [5, 5.41) is 17.7. The summed E-state index contributed by atoms with van der Waals surface area (Å²) in [4.78, 5) is 40.3. The number of hydrogen-bond acceptors (Lipinski definition) is 7. The van der Waals surface area contributed by atoms with Gasteiger partial charge in [-0.15, -0.1) is 0 Å². The van der Waals surface area contributed by atoms with Crippen molar-refractivity contribution in [1.82, 2.24) is 24.4 Å². The molecular weight excluding hydrogens is 461 g/mol. The first kappa shape index (κ1) is 23.5. The number of alkyl halides is 1. The summed E-state index contributed by atoms with van der Waals surface area (Å²) in [6, 6.07) is -0.267. The van der Waals surface area contributed by atoms with Crippen LogP contribution in [0.4, 0.5) is 4.39 Å². The summed E-state index contributed by atoms with van der Waals surface area (Å²) >= 11 is 0. The molecule has 1 aliphatic heterocycles. The van der Waals surface area contributed by atoms with E-state index in [2.05, 4.69) is 10.4 Å². The SMILES string of the molecule is COCC1COCCN1C(=O)C=Cc1cnn2c(=O)c(C(=O)NC3CC3)c(O)n(CC3(F)CC3)c12. The number of fused-ring (bicyclic) bond motifs is 1. The highest BCUT2D eigenvalue weighted by Crippen LogP contribution is 2.42. The molecule has 2 N–H and O–H groups in total. The lowest BCUT2D eigenvalue weighted by molar-refractivity contribution is -0.136. The third kappa shape index (κ3) is 4.67. The molecule has 35 heavy (non-hydrogen) atoms. The van der Waals surface area contributed by atoms with Crippen LogP contribution in [0.2, 0.25) is 0 Å². The molecule has 2 aromatic heterocycles. The van der Waals surface area contributed by atoms with Gasteiger partial charge in [-0.2, -0.15) is 9.61 Å². The number of rotatable bonds is 8. The van der Waals surface area contributed by atoms with Crippen LogP contribution < -0.4 is 10.9 Å². The normalized spacial score (nSPS) is 21.5. The largest absolute Gasteiger partial charge is 0.494 e. The van der Waals surface area contributed by atoms with Crippen molar-refractivity contribution in [3.05, 3.63) is 33.8 Å². The molecule has 1 atom stereocenters. The number of hydrogen-bond donors (Lipinski definition) is 2. The monoisotopic (exact) mass is 489 g/mol. The second-order valence-corrected chi connectivity index (χ2v) is 9.37. The van der Waals surface area contributed by atoms with Gasteiger partial charge in [0.1, 0.15) is 11.3 Å². The molecule has 5 rings (SSSR count). The lowest BCUT2D eigenvalue weighted by Gasteiger charge is -2.34. The van der Waals surface area contributed by atoms with E-state index in [9.17, 15) is 23.9 Å². The molecule has 3 aliphatic rings. The zero-order chi connectivity index (χ0) is 24.7. The second-order valence-electron chi connectivity index (χ2n) is 9.37. The molecule has 188 valence electrons. The van der Waals surface area contributed by atoms with Crippen molar-refractivity contribution >= 4 is 23.5 Å². The van der Waals surface area contributed by atoms with Crippen molar-refractivity contribution in [3.63, 3.8) is 0 Å². The number of carbonyl (C=O) groups excluding carboxylic acids is 2. The zero-order valence-corrected chi connectivity index (χ0v) is 19.4. The van der Waals surface area contributed by atoms with Gasteiger partial charge in [-0.1, -0.05) is 0 Å². The van der Waals surface area contributed by atoms with Crippen molar-refractivity contribution in [2.75, 3.05) is 33.5 Å². The topological polar surface area (TPSA) is 127 Å². The average molecular weight is 490 g/mol. The highest BCUT2D eigenvalue weighted by Gasteiger charge is 2.45. The van der Waals surface area contributed by atoms with Gasteiger partial charge < -0.3 is 24.8 Å². The Bertz CT molecular complexity index is 1240. The van der Waals surface area contributed by atoms with E-state index in [-0.39, 0.29) is 30.2 Å². The fraction of sp³-hybridized carbons (Fsp3) is 0.565. The molecular formula is C23H28FN5O6. The first-order chi connectivity index (χ1) is 16.8. The predicted molar refractivity (Wildman–Crippen MR) is 122 cm³/mol. The van der Waals surface area contributed by atoms with E-state index in [0.717, 1.165) is 17.4 Å². The summed E-state index contributed by atoms with van der Waals surface area (Å²) in [6.45, 7) is 1.26. The van der Waals surface area contributed by atoms with Gasteiger partial charge in [-0.05, 0) is 31.8 Å². The molecule has 2 aliphatic carbocycles. The molecule has 0 aromatic carbocycles. The summed E-state index contributed by atoms with van der Waals surface area (Å²) in [5.74, 6) is -1.61. The highest BCUT2D eigenvalue weighted by atomic mass is 19.1. The summed E-state index contributed by atoms with van der Waals surface area (Å²) in [7, 11) is 1.55. The predicted octanol–water partition coefficient (Wildman–Crippen LogP) is 0.483. The summed E-state index contributed by atoms with van der Waals surface area (Å²) in [5.41, 5.74) is -2.38. The average Bonchev–Trinajstić information content (AvgIpc) is 3.75. The van der Waals surface area contributed by atoms with Crippen LogP contribution in [-0.2, 0) is 20.8 Å². The first-order valence-corrected chi connectivity index (χ1v) is 11.7. The number of aromatic hydroxyl groups is 1. The van der Waals surface area contributed by atoms with Gasteiger partial charge in [0.15, 0.2) is 5.56 Å². The molecule has 2 amide bonds. The Morgan fingerprint density at radius 2 is 2.17 bits per heavy atom. The summed E-state index contributed by atoms with van der Waals surface area (Å²) in [6.07, 6.45) is 6.39. The molecule has 0 bridgehead atoms. The number of nitrogens with zero attached hydrogens (tertiary/aromatic N) is 4. The van der Waals surface area contributed by atoms with Crippen molar-refractivity contribution in [1.29, 1.82) is 0 Å². The number of morpholine rings is 1. The maximum Gasteiger partial charge on any atom is 0.291 e. The van der Waals surface area contributed by atoms with Gasteiger partial charge in [-0.25, -0.2) is 4.39 Å². The molecule has 2 aromatic rings. The minimum absolute atomic E-state index is 0.0364. The van der Waals surface area contributed by atoms with Gasteiger partial charge in [0, 0.05) is 31.3 Å². The van der Waals surface area contributed by atoms with Crippen molar-refractivity contribution < 1.29 is 28.6 Å². The van der Waals surface area contributed by atoms with E-state index < -0.39 is 28.6 Å².